The molecule has 6 heteroatoms. The molecule has 0 radical (unpaired) electrons. The summed E-state index contributed by atoms with van der Waals surface area (Å²) < 4.78 is 0. The normalized spacial score (nSPS) is 11.8. The van der Waals surface area contributed by atoms with Gasteiger partial charge in [-0.15, -0.1) is 0 Å². The van der Waals surface area contributed by atoms with Crippen LogP contribution in [0.3, 0.4) is 0 Å². The number of carboxylic acids is 1. The minimum absolute atomic E-state index is 0.0641. The highest BCUT2D eigenvalue weighted by atomic mass is 35.5. The SMILES string of the molecule is CC(c1ccc(Cl)cc1)N(C)C(=O)N(C)CCC(=O)O. The summed E-state index contributed by atoms with van der Waals surface area (Å²) in [6.45, 7) is 2.10. The van der Waals surface area contributed by atoms with Crippen LogP contribution in [-0.2, 0) is 4.79 Å². The Morgan fingerprint density at radius 1 is 1.25 bits per heavy atom. The zero-order valence-corrected chi connectivity index (χ0v) is 12.6. The second-order valence-electron chi connectivity index (χ2n) is 4.69. The summed E-state index contributed by atoms with van der Waals surface area (Å²) in [5.41, 5.74) is 0.969. The Hall–Kier alpha value is -1.75. The van der Waals surface area contributed by atoms with Gasteiger partial charge in [-0.25, -0.2) is 4.79 Å². The third-order valence-corrected chi connectivity index (χ3v) is 3.47. The van der Waals surface area contributed by atoms with Gasteiger partial charge in [0, 0.05) is 25.7 Å². The molecule has 0 bridgehead atoms. The van der Waals surface area contributed by atoms with Crippen molar-refractivity contribution in [3.8, 4) is 0 Å². The predicted molar refractivity (Wildman–Crippen MR) is 77.9 cm³/mol. The number of rotatable bonds is 5. The number of carbonyl (C=O) groups is 2. The summed E-state index contributed by atoms with van der Waals surface area (Å²) in [5, 5.41) is 9.28. The van der Waals surface area contributed by atoms with Gasteiger partial charge in [-0.05, 0) is 24.6 Å². The van der Waals surface area contributed by atoms with Crippen LogP contribution in [-0.4, -0.2) is 47.5 Å². The van der Waals surface area contributed by atoms with Crippen LogP contribution in [0.1, 0.15) is 24.9 Å². The van der Waals surface area contributed by atoms with Crippen molar-refractivity contribution in [3.63, 3.8) is 0 Å². The Kier molecular flexibility index (Phi) is 5.82. The van der Waals surface area contributed by atoms with E-state index in [-0.39, 0.29) is 25.0 Å². The van der Waals surface area contributed by atoms with Crippen molar-refractivity contribution in [1.29, 1.82) is 0 Å². The maximum atomic E-state index is 12.2. The first-order valence-corrected chi connectivity index (χ1v) is 6.66. The molecule has 1 aromatic carbocycles. The molecule has 0 aliphatic rings. The van der Waals surface area contributed by atoms with E-state index in [1.807, 2.05) is 19.1 Å². The smallest absolute Gasteiger partial charge is 0.320 e. The fraction of sp³-hybridized carbons (Fsp3) is 0.429. The standard InChI is InChI=1S/C14H19ClN2O3/c1-10(11-4-6-12(15)7-5-11)17(3)14(20)16(2)9-8-13(18)19/h4-7,10H,8-9H2,1-3H3,(H,18,19). The number of carbonyl (C=O) groups excluding carboxylic acids is 1. The van der Waals surface area contributed by atoms with E-state index in [4.69, 9.17) is 16.7 Å². The molecule has 2 amide bonds. The highest BCUT2D eigenvalue weighted by Gasteiger charge is 2.20. The van der Waals surface area contributed by atoms with Crippen molar-refractivity contribution >= 4 is 23.6 Å². The van der Waals surface area contributed by atoms with Gasteiger partial charge >= 0.3 is 12.0 Å². The molecule has 0 aliphatic carbocycles. The fourth-order valence-electron chi connectivity index (χ4n) is 1.76. The van der Waals surface area contributed by atoms with Crippen LogP contribution >= 0.6 is 11.6 Å². The Bertz CT molecular complexity index is 476. The second-order valence-corrected chi connectivity index (χ2v) is 5.12. The van der Waals surface area contributed by atoms with Gasteiger partial charge < -0.3 is 14.9 Å². The zero-order chi connectivity index (χ0) is 15.3. The number of urea groups is 1. The third kappa shape index (κ3) is 4.42. The summed E-state index contributed by atoms with van der Waals surface area (Å²) in [4.78, 5) is 25.7. The molecule has 110 valence electrons. The van der Waals surface area contributed by atoms with Gasteiger partial charge in [0.15, 0.2) is 0 Å². The molecule has 0 aliphatic heterocycles. The van der Waals surface area contributed by atoms with E-state index in [9.17, 15) is 9.59 Å². The van der Waals surface area contributed by atoms with Crippen molar-refractivity contribution in [2.45, 2.75) is 19.4 Å². The molecule has 1 aromatic rings. The molecule has 1 atom stereocenters. The van der Waals surface area contributed by atoms with E-state index < -0.39 is 5.97 Å². The number of carboxylic acid groups (broad SMARTS) is 1. The summed E-state index contributed by atoms with van der Waals surface area (Å²) in [6.07, 6.45) is -0.0641. The maximum absolute atomic E-state index is 12.2. The molecule has 1 N–H and O–H groups in total. The molecule has 0 saturated carbocycles. The van der Waals surface area contributed by atoms with E-state index >= 15 is 0 Å². The van der Waals surface area contributed by atoms with Crippen LogP contribution in [0, 0.1) is 0 Å². The number of amides is 2. The monoisotopic (exact) mass is 298 g/mol. The topological polar surface area (TPSA) is 60.9 Å². The van der Waals surface area contributed by atoms with E-state index in [0.29, 0.717) is 5.02 Å². The lowest BCUT2D eigenvalue weighted by Crippen LogP contribution is -2.40. The summed E-state index contributed by atoms with van der Waals surface area (Å²) in [7, 11) is 3.29. The highest BCUT2D eigenvalue weighted by molar-refractivity contribution is 6.30. The minimum Gasteiger partial charge on any atom is -0.481 e. The van der Waals surface area contributed by atoms with Crippen molar-refractivity contribution in [3.05, 3.63) is 34.9 Å². The number of benzene rings is 1. The summed E-state index contributed by atoms with van der Waals surface area (Å²) in [5.74, 6) is -0.918. The number of aliphatic carboxylic acids is 1. The molecule has 0 saturated heterocycles. The molecule has 0 aromatic heterocycles. The van der Waals surface area contributed by atoms with E-state index in [1.165, 1.54) is 4.90 Å². The van der Waals surface area contributed by atoms with Crippen LogP contribution in [0.25, 0.3) is 0 Å². The molecule has 1 rings (SSSR count). The Balaban J connectivity index is 2.67. The van der Waals surface area contributed by atoms with Crippen LogP contribution in [0.15, 0.2) is 24.3 Å². The molecule has 5 nitrogen and oxygen atoms in total. The van der Waals surface area contributed by atoms with Gasteiger partial charge in [-0.1, -0.05) is 23.7 Å². The summed E-state index contributed by atoms with van der Waals surface area (Å²) >= 11 is 5.84. The number of nitrogens with zero attached hydrogens (tertiary/aromatic N) is 2. The van der Waals surface area contributed by atoms with E-state index in [1.54, 1.807) is 31.1 Å². The molecule has 1 unspecified atom stereocenters. The van der Waals surface area contributed by atoms with Crippen LogP contribution < -0.4 is 0 Å². The lowest BCUT2D eigenvalue weighted by Gasteiger charge is -2.29. The molecule has 0 spiro atoms. The van der Waals surface area contributed by atoms with Gasteiger partial charge in [-0.3, -0.25) is 4.79 Å². The average molecular weight is 299 g/mol. The third-order valence-electron chi connectivity index (χ3n) is 3.22. The van der Waals surface area contributed by atoms with E-state index in [0.717, 1.165) is 5.56 Å². The maximum Gasteiger partial charge on any atom is 0.320 e. The number of hydrogen-bond acceptors (Lipinski definition) is 2. The molecule has 0 heterocycles. The lowest BCUT2D eigenvalue weighted by molar-refractivity contribution is -0.137. The van der Waals surface area contributed by atoms with Crippen LogP contribution in [0.4, 0.5) is 4.79 Å². The zero-order valence-electron chi connectivity index (χ0n) is 11.8. The first-order valence-electron chi connectivity index (χ1n) is 6.28. The number of halogens is 1. The lowest BCUT2D eigenvalue weighted by atomic mass is 10.1. The van der Waals surface area contributed by atoms with Crippen molar-refractivity contribution in [1.82, 2.24) is 9.80 Å². The van der Waals surface area contributed by atoms with Crippen molar-refractivity contribution < 1.29 is 14.7 Å². The predicted octanol–water partition coefficient (Wildman–Crippen LogP) is 2.86. The molecule has 20 heavy (non-hydrogen) atoms. The van der Waals surface area contributed by atoms with Gasteiger partial charge in [0.2, 0.25) is 0 Å². The van der Waals surface area contributed by atoms with Gasteiger partial charge in [0.25, 0.3) is 0 Å². The van der Waals surface area contributed by atoms with Crippen molar-refractivity contribution in [2.75, 3.05) is 20.6 Å². The Morgan fingerprint density at radius 2 is 1.80 bits per heavy atom. The van der Waals surface area contributed by atoms with Crippen LogP contribution in [0.5, 0.6) is 0 Å². The largest absolute Gasteiger partial charge is 0.481 e. The average Bonchev–Trinajstić information content (AvgIpc) is 2.43. The molecule has 0 fully saturated rings. The Morgan fingerprint density at radius 3 is 2.30 bits per heavy atom. The van der Waals surface area contributed by atoms with Gasteiger partial charge in [-0.2, -0.15) is 0 Å². The van der Waals surface area contributed by atoms with Gasteiger partial charge in [0.05, 0.1) is 12.5 Å². The van der Waals surface area contributed by atoms with Crippen LogP contribution in [0.2, 0.25) is 5.02 Å². The van der Waals surface area contributed by atoms with Crippen molar-refractivity contribution in [2.24, 2.45) is 0 Å². The number of hydrogen-bond donors (Lipinski definition) is 1. The first-order chi connectivity index (χ1) is 9.32. The Labute approximate surface area is 123 Å². The second kappa shape index (κ2) is 7.14. The quantitative estimate of drug-likeness (QED) is 0.909. The molecular weight excluding hydrogens is 280 g/mol. The minimum atomic E-state index is -0.918. The van der Waals surface area contributed by atoms with E-state index in [2.05, 4.69) is 0 Å². The summed E-state index contributed by atoms with van der Waals surface area (Å²) in [6, 6.07) is 6.96. The fourth-order valence-corrected chi connectivity index (χ4v) is 1.88. The van der Waals surface area contributed by atoms with Gasteiger partial charge in [0.1, 0.15) is 0 Å². The highest BCUT2D eigenvalue weighted by Crippen LogP contribution is 2.21. The first kappa shape index (κ1) is 16.3. The molecular formula is C14H19ClN2O3.